The van der Waals surface area contributed by atoms with Gasteiger partial charge in [0, 0.05) is 19.1 Å². The van der Waals surface area contributed by atoms with Crippen LogP contribution < -0.4 is 5.32 Å². The van der Waals surface area contributed by atoms with Gasteiger partial charge in [-0.25, -0.2) is 4.79 Å². The van der Waals surface area contributed by atoms with Crippen molar-refractivity contribution in [2.24, 2.45) is 5.92 Å². The minimum atomic E-state index is -4.40. The summed E-state index contributed by atoms with van der Waals surface area (Å²) >= 11 is 0. The third kappa shape index (κ3) is 4.01. The Balaban J connectivity index is 1.82. The summed E-state index contributed by atoms with van der Waals surface area (Å²) in [6.45, 7) is 0.408. The van der Waals surface area contributed by atoms with Crippen LogP contribution in [-0.2, 0) is 4.79 Å². The summed E-state index contributed by atoms with van der Waals surface area (Å²) in [4.78, 5) is 25.5. The number of piperazine rings is 1. The highest BCUT2D eigenvalue weighted by Crippen LogP contribution is 2.32. The molecule has 0 aromatic carbocycles. The zero-order valence-electron chi connectivity index (χ0n) is 11.2. The number of hydrogen-bond donors (Lipinski definition) is 1. The molecule has 0 unspecified atom stereocenters. The third-order valence-electron chi connectivity index (χ3n) is 3.66. The molecule has 0 bridgehead atoms. The molecule has 3 amide bonds. The van der Waals surface area contributed by atoms with Crippen LogP contribution in [0.4, 0.5) is 18.0 Å². The fraction of sp³-hybridized carbons (Fsp3) is 0.833. The van der Waals surface area contributed by atoms with Gasteiger partial charge in [0.1, 0.15) is 13.1 Å². The van der Waals surface area contributed by atoms with E-state index in [0.29, 0.717) is 5.92 Å². The first kappa shape index (κ1) is 14.9. The molecule has 2 aliphatic rings. The Morgan fingerprint density at radius 1 is 1.40 bits per heavy atom. The van der Waals surface area contributed by atoms with Crippen LogP contribution in [0.3, 0.4) is 0 Å². The summed E-state index contributed by atoms with van der Waals surface area (Å²) in [7, 11) is 0. The van der Waals surface area contributed by atoms with Crippen molar-refractivity contribution >= 4 is 11.9 Å². The SMILES string of the molecule is C[C@@H](NC(=O)N1CCN(CC(F)(F)F)C(=O)C1)C1CC1. The lowest BCUT2D eigenvalue weighted by Crippen LogP contribution is -2.57. The molecule has 5 nitrogen and oxygen atoms in total. The molecule has 0 radical (unpaired) electrons. The highest BCUT2D eigenvalue weighted by atomic mass is 19.4. The minimum Gasteiger partial charge on any atom is -0.335 e. The minimum absolute atomic E-state index is 0.0470. The number of alkyl halides is 3. The molecule has 2 fully saturated rings. The standard InChI is InChI=1S/C12H18F3N3O2/c1-8(9-2-3-9)16-11(20)17-4-5-18(10(19)6-17)7-12(13,14)15/h8-9H,2-7H2,1H3,(H,16,20)/t8-/m1/s1. The van der Waals surface area contributed by atoms with E-state index in [2.05, 4.69) is 5.32 Å². The Hall–Kier alpha value is -1.47. The van der Waals surface area contributed by atoms with Gasteiger partial charge in [-0.2, -0.15) is 13.2 Å². The lowest BCUT2D eigenvalue weighted by molar-refractivity contribution is -0.164. The molecule has 2 rings (SSSR count). The van der Waals surface area contributed by atoms with E-state index in [9.17, 15) is 22.8 Å². The van der Waals surface area contributed by atoms with Crippen LogP contribution in [0.15, 0.2) is 0 Å². The topological polar surface area (TPSA) is 52.7 Å². The third-order valence-corrected chi connectivity index (χ3v) is 3.66. The predicted octanol–water partition coefficient (Wildman–Crippen LogP) is 1.20. The summed E-state index contributed by atoms with van der Waals surface area (Å²) < 4.78 is 36.8. The second-order valence-corrected chi connectivity index (χ2v) is 5.43. The number of hydrogen-bond acceptors (Lipinski definition) is 2. The van der Waals surface area contributed by atoms with Gasteiger partial charge in [0.2, 0.25) is 5.91 Å². The molecule has 1 aliphatic heterocycles. The Bertz CT molecular complexity index is 396. The normalized spacial score (nSPS) is 21.9. The lowest BCUT2D eigenvalue weighted by atomic mass is 10.2. The quantitative estimate of drug-likeness (QED) is 0.850. The Kier molecular flexibility index (Phi) is 4.10. The van der Waals surface area contributed by atoms with Crippen LogP contribution in [0, 0.1) is 5.92 Å². The van der Waals surface area contributed by atoms with Crippen molar-refractivity contribution in [3.05, 3.63) is 0 Å². The summed E-state index contributed by atoms with van der Waals surface area (Å²) in [6, 6.07) is -0.324. The molecule has 1 heterocycles. The van der Waals surface area contributed by atoms with E-state index in [4.69, 9.17) is 0 Å². The van der Waals surface area contributed by atoms with E-state index < -0.39 is 18.6 Å². The number of amides is 3. The number of carbonyl (C=O) groups excluding carboxylic acids is 2. The van der Waals surface area contributed by atoms with Crippen LogP contribution in [0.2, 0.25) is 0 Å². The van der Waals surface area contributed by atoms with E-state index in [-0.39, 0.29) is 31.7 Å². The molecule has 0 aromatic heterocycles. The van der Waals surface area contributed by atoms with Gasteiger partial charge in [-0.15, -0.1) is 0 Å². The summed E-state index contributed by atoms with van der Waals surface area (Å²) in [6.07, 6.45) is -2.24. The monoisotopic (exact) mass is 293 g/mol. The van der Waals surface area contributed by atoms with Gasteiger partial charge in [0.25, 0.3) is 0 Å². The average Bonchev–Trinajstić information content (AvgIpc) is 3.13. The van der Waals surface area contributed by atoms with Crippen LogP contribution in [0.25, 0.3) is 0 Å². The second-order valence-electron chi connectivity index (χ2n) is 5.43. The molecule has 1 saturated heterocycles. The van der Waals surface area contributed by atoms with E-state index in [1.807, 2.05) is 6.92 Å². The van der Waals surface area contributed by atoms with Gasteiger partial charge in [0.05, 0.1) is 0 Å². The molecule has 0 spiro atoms. The number of rotatable bonds is 3. The number of nitrogens with zero attached hydrogens (tertiary/aromatic N) is 2. The summed E-state index contributed by atoms with van der Waals surface area (Å²) in [5.74, 6) is -0.177. The largest absolute Gasteiger partial charge is 0.406 e. The maximum atomic E-state index is 12.3. The first-order valence-corrected chi connectivity index (χ1v) is 6.66. The van der Waals surface area contributed by atoms with E-state index >= 15 is 0 Å². The Morgan fingerprint density at radius 3 is 2.55 bits per heavy atom. The predicted molar refractivity (Wildman–Crippen MR) is 64.9 cm³/mol. The van der Waals surface area contributed by atoms with Gasteiger partial charge in [-0.3, -0.25) is 4.79 Å². The smallest absolute Gasteiger partial charge is 0.335 e. The number of halogens is 3. The molecule has 20 heavy (non-hydrogen) atoms. The Labute approximate surface area is 115 Å². The van der Waals surface area contributed by atoms with Crippen molar-refractivity contribution in [3.8, 4) is 0 Å². The van der Waals surface area contributed by atoms with Crippen LogP contribution in [-0.4, -0.2) is 60.1 Å². The van der Waals surface area contributed by atoms with Crippen molar-refractivity contribution in [3.63, 3.8) is 0 Å². The van der Waals surface area contributed by atoms with Crippen LogP contribution in [0.1, 0.15) is 19.8 Å². The van der Waals surface area contributed by atoms with E-state index in [1.165, 1.54) is 4.90 Å². The highest BCUT2D eigenvalue weighted by Gasteiger charge is 2.37. The van der Waals surface area contributed by atoms with Gasteiger partial charge < -0.3 is 15.1 Å². The maximum Gasteiger partial charge on any atom is 0.406 e. The van der Waals surface area contributed by atoms with Crippen molar-refractivity contribution in [1.82, 2.24) is 15.1 Å². The number of urea groups is 1. The van der Waals surface area contributed by atoms with Crippen molar-refractivity contribution in [2.45, 2.75) is 32.0 Å². The first-order valence-electron chi connectivity index (χ1n) is 6.66. The van der Waals surface area contributed by atoms with Gasteiger partial charge in [-0.05, 0) is 25.7 Å². The van der Waals surface area contributed by atoms with Crippen LogP contribution >= 0.6 is 0 Å². The molecule has 8 heteroatoms. The average molecular weight is 293 g/mol. The van der Waals surface area contributed by atoms with Crippen molar-refractivity contribution in [2.75, 3.05) is 26.2 Å². The molecule has 1 saturated carbocycles. The molecular formula is C12H18F3N3O2. The fourth-order valence-corrected chi connectivity index (χ4v) is 2.27. The summed E-state index contributed by atoms with van der Waals surface area (Å²) in [5.41, 5.74) is 0. The zero-order chi connectivity index (χ0) is 14.9. The van der Waals surface area contributed by atoms with Crippen molar-refractivity contribution < 1.29 is 22.8 Å². The maximum absolute atomic E-state index is 12.3. The second kappa shape index (κ2) is 5.49. The fourth-order valence-electron chi connectivity index (χ4n) is 2.27. The van der Waals surface area contributed by atoms with Gasteiger partial charge in [-0.1, -0.05) is 0 Å². The van der Waals surface area contributed by atoms with E-state index in [1.54, 1.807) is 0 Å². The van der Waals surface area contributed by atoms with Gasteiger partial charge in [0.15, 0.2) is 0 Å². The van der Waals surface area contributed by atoms with Crippen molar-refractivity contribution in [1.29, 1.82) is 0 Å². The zero-order valence-corrected chi connectivity index (χ0v) is 11.2. The molecule has 114 valence electrons. The molecule has 1 N–H and O–H groups in total. The molecule has 1 aliphatic carbocycles. The molecule has 1 atom stereocenters. The highest BCUT2D eigenvalue weighted by molar-refractivity contribution is 5.85. The molecular weight excluding hydrogens is 275 g/mol. The Morgan fingerprint density at radius 2 is 2.05 bits per heavy atom. The number of carbonyl (C=O) groups is 2. The van der Waals surface area contributed by atoms with E-state index in [0.717, 1.165) is 17.7 Å². The molecule has 0 aromatic rings. The first-order chi connectivity index (χ1) is 9.26. The number of nitrogens with one attached hydrogen (secondary N) is 1. The lowest BCUT2D eigenvalue weighted by Gasteiger charge is -2.35. The van der Waals surface area contributed by atoms with Gasteiger partial charge >= 0.3 is 12.2 Å². The van der Waals surface area contributed by atoms with Crippen LogP contribution in [0.5, 0.6) is 0 Å². The summed E-state index contributed by atoms with van der Waals surface area (Å²) in [5, 5.41) is 2.79.